The van der Waals surface area contributed by atoms with E-state index >= 15 is 0 Å². The molecule has 4 heteroatoms. The summed E-state index contributed by atoms with van der Waals surface area (Å²) in [6, 6.07) is 0. The molecule has 0 fully saturated rings. The highest BCUT2D eigenvalue weighted by Gasteiger charge is 2.04. The van der Waals surface area contributed by atoms with Crippen molar-refractivity contribution in [1.29, 1.82) is 0 Å². The fourth-order valence-electron chi connectivity index (χ4n) is 1.18. The monoisotopic (exact) mass is 236 g/mol. The van der Waals surface area contributed by atoms with Gasteiger partial charge in [-0.15, -0.1) is 0 Å². The first-order valence-corrected chi connectivity index (χ1v) is 6.30. The van der Waals surface area contributed by atoms with Gasteiger partial charge in [0.05, 0.1) is 6.61 Å². The third kappa shape index (κ3) is 8.75. The Morgan fingerprint density at radius 1 is 1.36 bits per heavy atom. The van der Waals surface area contributed by atoms with Crippen LogP contribution in [0, 0.1) is 0 Å². The van der Waals surface area contributed by atoms with E-state index in [0.717, 1.165) is 31.4 Å². The van der Waals surface area contributed by atoms with Crippen LogP contribution in [0.2, 0.25) is 0 Å². The molecule has 0 aromatic heterocycles. The molecule has 0 amide bonds. The van der Waals surface area contributed by atoms with Gasteiger partial charge in [0.15, 0.2) is 0 Å². The van der Waals surface area contributed by atoms with Gasteiger partial charge in [-0.1, -0.05) is 6.42 Å². The molecular formula is C10H20O2S2. The standard InChI is InChI=1S/C10H20O2S2/c1-2-12-10(11)6-4-3-5-9(14)7-8-13/h9,13-14H,2-8H2,1H3. The Kier molecular flexibility index (Phi) is 9.83. The first kappa shape index (κ1) is 14.2. The number of carbonyl (C=O) groups is 1. The van der Waals surface area contributed by atoms with Gasteiger partial charge >= 0.3 is 5.97 Å². The van der Waals surface area contributed by atoms with Gasteiger partial charge in [0.2, 0.25) is 0 Å². The molecule has 0 aromatic carbocycles. The molecule has 0 rings (SSSR count). The van der Waals surface area contributed by atoms with Gasteiger partial charge in [0.1, 0.15) is 0 Å². The quantitative estimate of drug-likeness (QED) is 0.385. The molecule has 1 unspecified atom stereocenters. The van der Waals surface area contributed by atoms with Crippen molar-refractivity contribution in [3.8, 4) is 0 Å². The number of ether oxygens (including phenoxy) is 1. The lowest BCUT2D eigenvalue weighted by molar-refractivity contribution is -0.143. The Balaban J connectivity index is 3.24. The molecule has 0 aliphatic heterocycles. The molecule has 1 atom stereocenters. The van der Waals surface area contributed by atoms with E-state index in [1.54, 1.807) is 0 Å². The number of hydrogen-bond donors (Lipinski definition) is 2. The number of hydrogen-bond acceptors (Lipinski definition) is 4. The normalized spacial score (nSPS) is 12.5. The second-order valence-electron chi connectivity index (χ2n) is 3.22. The van der Waals surface area contributed by atoms with E-state index in [9.17, 15) is 4.79 Å². The van der Waals surface area contributed by atoms with Gasteiger partial charge in [-0.05, 0) is 31.9 Å². The van der Waals surface area contributed by atoms with Crippen molar-refractivity contribution >= 4 is 31.2 Å². The maximum atomic E-state index is 11.0. The van der Waals surface area contributed by atoms with Gasteiger partial charge in [-0.3, -0.25) is 4.79 Å². The Bertz CT molecular complexity index is 151. The van der Waals surface area contributed by atoms with E-state index in [4.69, 9.17) is 4.74 Å². The number of esters is 1. The highest BCUT2D eigenvalue weighted by molar-refractivity contribution is 7.81. The van der Waals surface area contributed by atoms with Gasteiger partial charge in [0.25, 0.3) is 0 Å². The van der Waals surface area contributed by atoms with Gasteiger partial charge in [-0.25, -0.2) is 0 Å². The minimum absolute atomic E-state index is 0.0857. The zero-order valence-electron chi connectivity index (χ0n) is 8.74. The van der Waals surface area contributed by atoms with Crippen LogP contribution < -0.4 is 0 Å². The van der Waals surface area contributed by atoms with Crippen LogP contribution in [-0.4, -0.2) is 23.6 Å². The molecule has 0 aliphatic rings. The van der Waals surface area contributed by atoms with E-state index in [-0.39, 0.29) is 5.97 Å². The fourth-order valence-corrected chi connectivity index (χ4v) is 2.00. The maximum absolute atomic E-state index is 11.0. The van der Waals surface area contributed by atoms with Crippen molar-refractivity contribution in [3.05, 3.63) is 0 Å². The summed E-state index contributed by atoms with van der Waals surface area (Å²) >= 11 is 8.55. The second kappa shape index (κ2) is 9.71. The molecule has 0 saturated carbocycles. The van der Waals surface area contributed by atoms with E-state index in [1.807, 2.05) is 6.92 Å². The van der Waals surface area contributed by atoms with Crippen molar-refractivity contribution in [1.82, 2.24) is 0 Å². The third-order valence-electron chi connectivity index (χ3n) is 1.94. The Morgan fingerprint density at radius 3 is 2.64 bits per heavy atom. The van der Waals surface area contributed by atoms with Crippen molar-refractivity contribution in [2.45, 2.75) is 44.3 Å². The first-order valence-electron chi connectivity index (χ1n) is 5.15. The van der Waals surface area contributed by atoms with Crippen LogP contribution in [0.5, 0.6) is 0 Å². The van der Waals surface area contributed by atoms with Crippen molar-refractivity contribution in [3.63, 3.8) is 0 Å². The molecule has 0 aliphatic carbocycles. The maximum Gasteiger partial charge on any atom is 0.305 e. The van der Waals surface area contributed by atoms with Gasteiger partial charge in [0, 0.05) is 11.7 Å². The van der Waals surface area contributed by atoms with Crippen LogP contribution in [0.3, 0.4) is 0 Å². The van der Waals surface area contributed by atoms with E-state index in [1.165, 1.54) is 0 Å². The smallest absolute Gasteiger partial charge is 0.305 e. The molecule has 14 heavy (non-hydrogen) atoms. The van der Waals surface area contributed by atoms with Crippen LogP contribution >= 0.6 is 25.3 Å². The minimum Gasteiger partial charge on any atom is -0.466 e. The molecule has 0 radical (unpaired) electrons. The second-order valence-corrected chi connectivity index (χ2v) is 4.39. The van der Waals surface area contributed by atoms with Crippen molar-refractivity contribution in [2.75, 3.05) is 12.4 Å². The number of rotatable bonds is 8. The van der Waals surface area contributed by atoms with Crippen LogP contribution in [0.1, 0.15) is 39.0 Å². The Morgan fingerprint density at radius 2 is 2.07 bits per heavy atom. The van der Waals surface area contributed by atoms with E-state index in [0.29, 0.717) is 18.3 Å². The Labute approximate surface area is 97.6 Å². The first-order chi connectivity index (χ1) is 6.70. The molecule has 2 nitrogen and oxygen atoms in total. The third-order valence-corrected chi connectivity index (χ3v) is 2.71. The highest BCUT2D eigenvalue weighted by atomic mass is 32.1. The average Bonchev–Trinajstić information content (AvgIpc) is 2.13. The molecule has 0 spiro atoms. The van der Waals surface area contributed by atoms with E-state index < -0.39 is 0 Å². The van der Waals surface area contributed by atoms with Gasteiger partial charge in [-0.2, -0.15) is 25.3 Å². The summed E-state index contributed by atoms with van der Waals surface area (Å²) in [6.07, 6.45) is 4.58. The largest absolute Gasteiger partial charge is 0.466 e. The molecular weight excluding hydrogens is 216 g/mol. The zero-order valence-corrected chi connectivity index (χ0v) is 10.5. The Hall–Kier alpha value is 0.170. The molecule has 84 valence electrons. The average molecular weight is 236 g/mol. The lowest BCUT2D eigenvalue weighted by Gasteiger charge is -2.07. The van der Waals surface area contributed by atoms with Crippen LogP contribution in [0.4, 0.5) is 0 Å². The van der Waals surface area contributed by atoms with Crippen LogP contribution in [0.15, 0.2) is 0 Å². The lowest BCUT2D eigenvalue weighted by Crippen LogP contribution is -2.04. The summed E-state index contributed by atoms with van der Waals surface area (Å²) in [6.45, 7) is 2.31. The van der Waals surface area contributed by atoms with E-state index in [2.05, 4.69) is 25.3 Å². The van der Waals surface area contributed by atoms with Crippen LogP contribution in [0.25, 0.3) is 0 Å². The fraction of sp³-hybridized carbons (Fsp3) is 0.900. The number of thiol groups is 2. The summed E-state index contributed by atoms with van der Waals surface area (Å²) in [5.74, 6) is 0.795. The SMILES string of the molecule is CCOC(=O)CCCCC(S)CCS. The molecule has 0 N–H and O–H groups in total. The number of unbranched alkanes of at least 4 members (excludes halogenated alkanes) is 1. The highest BCUT2D eigenvalue weighted by Crippen LogP contribution is 2.12. The van der Waals surface area contributed by atoms with Crippen molar-refractivity contribution < 1.29 is 9.53 Å². The molecule has 0 heterocycles. The predicted molar refractivity (Wildman–Crippen MR) is 66.3 cm³/mol. The zero-order chi connectivity index (χ0) is 10.8. The summed E-state index contributed by atoms with van der Waals surface area (Å²) < 4.78 is 4.83. The molecule has 0 aromatic rings. The summed E-state index contributed by atoms with van der Waals surface area (Å²) in [4.78, 5) is 11.0. The molecule has 0 saturated heterocycles. The number of carbonyl (C=O) groups excluding carboxylic acids is 1. The predicted octanol–water partition coefficient (Wildman–Crippen LogP) is 2.73. The van der Waals surface area contributed by atoms with Crippen LogP contribution in [-0.2, 0) is 9.53 Å². The summed E-state index contributed by atoms with van der Waals surface area (Å²) in [5, 5.41) is 0.426. The topological polar surface area (TPSA) is 26.3 Å². The summed E-state index contributed by atoms with van der Waals surface area (Å²) in [7, 11) is 0. The minimum atomic E-state index is -0.0857. The summed E-state index contributed by atoms with van der Waals surface area (Å²) in [5.41, 5.74) is 0. The van der Waals surface area contributed by atoms with Crippen molar-refractivity contribution in [2.24, 2.45) is 0 Å². The molecule has 0 bridgehead atoms. The lowest BCUT2D eigenvalue weighted by atomic mass is 10.1. The van der Waals surface area contributed by atoms with Gasteiger partial charge < -0.3 is 4.74 Å².